The zero-order valence-corrected chi connectivity index (χ0v) is 15.6. The zero-order valence-electron chi connectivity index (χ0n) is 14.8. The molecule has 1 aromatic carbocycles. The first-order chi connectivity index (χ1) is 12.0. The molecule has 2 aromatic rings. The van der Waals surface area contributed by atoms with E-state index in [1.165, 1.54) is 11.3 Å². The van der Waals surface area contributed by atoms with Gasteiger partial charge in [0.25, 0.3) is 0 Å². The molecular weight excluding hydrogens is 336 g/mol. The quantitative estimate of drug-likeness (QED) is 0.559. The molecule has 0 spiro atoms. The van der Waals surface area contributed by atoms with Crippen molar-refractivity contribution >= 4 is 29.1 Å². The van der Waals surface area contributed by atoms with Gasteiger partial charge in [-0.2, -0.15) is 5.10 Å². The van der Waals surface area contributed by atoms with Crippen molar-refractivity contribution in [3.8, 4) is 0 Å². The second kappa shape index (κ2) is 9.29. The van der Waals surface area contributed by atoms with E-state index in [2.05, 4.69) is 33.4 Å². The minimum atomic E-state index is -0.181. The summed E-state index contributed by atoms with van der Waals surface area (Å²) in [5.41, 5.74) is 6.53. The highest BCUT2D eigenvalue weighted by atomic mass is 32.1. The number of aliphatic hydroxyl groups excluding tert-OH is 1. The Labute approximate surface area is 152 Å². The molecule has 0 unspecified atom stereocenters. The minimum absolute atomic E-state index is 0.126. The summed E-state index contributed by atoms with van der Waals surface area (Å²) >= 11 is 1.47. The molecule has 1 aromatic heterocycles. The number of hydrogen-bond donors (Lipinski definition) is 2. The third-order valence-corrected chi connectivity index (χ3v) is 4.71. The molecular formula is C18H24N4O2S. The summed E-state index contributed by atoms with van der Waals surface area (Å²) in [5.74, 6) is -0.181. The lowest BCUT2D eigenvalue weighted by Crippen LogP contribution is -2.26. The number of carbonyl (C=O) groups is 1. The van der Waals surface area contributed by atoms with Crippen molar-refractivity contribution < 1.29 is 9.90 Å². The average molecular weight is 360 g/mol. The van der Waals surface area contributed by atoms with Crippen LogP contribution in [0.3, 0.4) is 0 Å². The van der Waals surface area contributed by atoms with Crippen LogP contribution in [0.15, 0.2) is 28.7 Å². The number of thiazole rings is 1. The van der Waals surface area contributed by atoms with E-state index < -0.39 is 0 Å². The van der Waals surface area contributed by atoms with Crippen LogP contribution in [0.1, 0.15) is 28.8 Å². The highest BCUT2D eigenvalue weighted by molar-refractivity contribution is 7.09. The molecule has 7 heteroatoms. The predicted molar refractivity (Wildman–Crippen MR) is 102 cm³/mol. The van der Waals surface area contributed by atoms with E-state index in [0.29, 0.717) is 6.54 Å². The number of aryl methyl sites for hydroxylation is 2. The zero-order chi connectivity index (χ0) is 18.2. The van der Waals surface area contributed by atoms with Crippen LogP contribution in [0.5, 0.6) is 0 Å². The van der Waals surface area contributed by atoms with Gasteiger partial charge in [-0.05, 0) is 44.0 Å². The highest BCUT2D eigenvalue weighted by Gasteiger charge is 2.07. The van der Waals surface area contributed by atoms with Crippen molar-refractivity contribution in [2.75, 3.05) is 24.6 Å². The fourth-order valence-electron chi connectivity index (χ4n) is 2.43. The van der Waals surface area contributed by atoms with Crippen molar-refractivity contribution in [2.24, 2.45) is 5.10 Å². The predicted octanol–water partition coefficient (Wildman–Crippen LogP) is 2.27. The number of likely N-dealkylation sites (N-methyl/N-ethyl adjacent to an activating group) is 1. The normalized spacial score (nSPS) is 11.0. The van der Waals surface area contributed by atoms with Gasteiger partial charge in [-0.3, -0.25) is 4.79 Å². The van der Waals surface area contributed by atoms with Crippen LogP contribution >= 0.6 is 11.3 Å². The molecule has 0 aliphatic rings. The molecule has 0 saturated heterocycles. The summed E-state index contributed by atoms with van der Waals surface area (Å²) in [6, 6.07) is 6.01. The van der Waals surface area contributed by atoms with Crippen LogP contribution in [0.25, 0.3) is 0 Å². The van der Waals surface area contributed by atoms with E-state index in [-0.39, 0.29) is 18.9 Å². The van der Waals surface area contributed by atoms with Crippen LogP contribution in [-0.2, 0) is 11.2 Å². The van der Waals surface area contributed by atoms with Crippen molar-refractivity contribution in [3.05, 3.63) is 45.4 Å². The lowest BCUT2D eigenvalue weighted by atomic mass is 10.1. The SMILES string of the molecule is CCN(CCO)c1ccc(/C=N\NC(=O)Cc2nc(C)cs2)c(C)c1. The van der Waals surface area contributed by atoms with E-state index in [1.807, 2.05) is 31.4 Å². The molecule has 0 bridgehead atoms. The first-order valence-electron chi connectivity index (χ1n) is 8.22. The molecule has 0 atom stereocenters. The maximum absolute atomic E-state index is 11.9. The van der Waals surface area contributed by atoms with Crippen LogP contribution in [0.2, 0.25) is 0 Å². The largest absolute Gasteiger partial charge is 0.395 e. The Morgan fingerprint density at radius 3 is 2.84 bits per heavy atom. The number of carbonyl (C=O) groups excluding carboxylic acids is 1. The molecule has 25 heavy (non-hydrogen) atoms. The van der Waals surface area contributed by atoms with Crippen molar-refractivity contribution in [3.63, 3.8) is 0 Å². The van der Waals surface area contributed by atoms with Gasteiger partial charge in [0.2, 0.25) is 5.91 Å². The van der Waals surface area contributed by atoms with Gasteiger partial charge in [0.05, 0.1) is 19.2 Å². The molecule has 6 nitrogen and oxygen atoms in total. The van der Waals surface area contributed by atoms with Gasteiger partial charge in [0.1, 0.15) is 5.01 Å². The van der Waals surface area contributed by atoms with E-state index in [1.54, 1.807) is 6.21 Å². The third-order valence-electron chi connectivity index (χ3n) is 3.74. The van der Waals surface area contributed by atoms with E-state index in [9.17, 15) is 4.79 Å². The maximum Gasteiger partial charge on any atom is 0.246 e. The van der Waals surface area contributed by atoms with E-state index in [0.717, 1.165) is 34.1 Å². The molecule has 0 fully saturated rings. The summed E-state index contributed by atoms with van der Waals surface area (Å²) in [6.07, 6.45) is 1.88. The first-order valence-corrected chi connectivity index (χ1v) is 9.10. The molecule has 0 saturated carbocycles. The van der Waals surface area contributed by atoms with Crippen molar-refractivity contribution in [1.29, 1.82) is 0 Å². The highest BCUT2D eigenvalue weighted by Crippen LogP contribution is 2.18. The van der Waals surface area contributed by atoms with Crippen molar-refractivity contribution in [2.45, 2.75) is 27.2 Å². The van der Waals surface area contributed by atoms with Gasteiger partial charge >= 0.3 is 0 Å². The van der Waals surface area contributed by atoms with Gasteiger partial charge in [-0.15, -0.1) is 11.3 Å². The van der Waals surface area contributed by atoms with Crippen molar-refractivity contribution in [1.82, 2.24) is 10.4 Å². The molecule has 0 aliphatic heterocycles. The molecule has 2 rings (SSSR count). The van der Waals surface area contributed by atoms with Gasteiger partial charge < -0.3 is 10.0 Å². The number of rotatable bonds is 8. The Morgan fingerprint density at radius 2 is 2.24 bits per heavy atom. The molecule has 2 N–H and O–H groups in total. The number of nitrogens with zero attached hydrogens (tertiary/aromatic N) is 3. The third kappa shape index (κ3) is 5.65. The smallest absolute Gasteiger partial charge is 0.246 e. The number of aromatic nitrogens is 1. The molecule has 134 valence electrons. The second-order valence-electron chi connectivity index (χ2n) is 5.70. The van der Waals surface area contributed by atoms with Crippen LogP contribution < -0.4 is 10.3 Å². The number of hydrazone groups is 1. The van der Waals surface area contributed by atoms with E-state index in [4.69, 9.17) is 5.11 Å². The molecule has 0 radical (unpaired) electrons. The monoisotopic (exact) mass is 360 g/mol. The number of nitrogens with one attached hydrogen (secondary N) is 1. The Hall–Kier alpha value is -2.25. The van der Waals surface area contributed by atoms with Gasteiger partial charge in [0, 0.05) is 29.9 Å². The maximum atomic E-state index is 11.9. The van der Waals surface area contributed by atoms with Gasteiger partial charge in [-0.1, -0.05) is 6.07 Å². The second-order valence-corrected chi connectivity index (χ2v) is 6.64. The summed E-state index contributed by atoms with van der Waals surface area (Å²) in [5, 5.41) is 15.9. The summed E-state index contributed by atoms with van der Waals surface area (Å²) in [7, 11) is 0. The standard InChI is InChI=1S/C18H24N4O2S/c1-4-22(7-8-23)16-6-5-15(13(2)9-16)11-19-21-17(24)10-18-20-14(3)12-25-18/h5-6,9,11-12,23H,4,7-8,10H2,1-3H3,(H,21,24)/b19-11-. The van der Waals surface area contributed by atoms with Crippen LogP contribution in [-0.4, -0.2) is 41.9 Å². The Morgan fingerprint density at radius 1 is 1.44 bits per heavy atom. The Balaban J connectivity index is 1.95. The van der Waals surface area contributed by atoms with Gasteiger partial charge in [0.15, 0.2) is 0 Å². The van der Waals surface area contributed by atoms with Crippen LogP contribution in [0, 0.1) is 13.8 Å². The Bertz CT molecular complexity index is 742. The summed E-state index contributed by atoms with van der Waals surface area (Å²) in [6.45, 7) is 7.52. The van der Waals surface area contributed by atoms with Crippen LogP contribution in [0.4, 0.5) is 5.69 Å². The lowest BCUT2D eigenvalue weighted by Gasteiger charge is -2.22. The first kappa shape index (κ1) is 19.1. The number of anilines is 1. The Kier molecular flexibility index (Phi) is 7.09. The lowest BCUT2D eigenvalue weighted by molar-refractivity contribution is -0.120. The molecule has 0 aliphatic carbocycles. The van der Waals surface area contributed by atoms with E-state index >= 15 is 0 Å². The number of amides is 1. The fourth-order valence-corrected chi connectivity index (χ4v) is 3.20. The average Bonchev–Trinajstić information content (AvgIpc) is 2.99. The number of aliphatic hydroxyl groups is 1. The number of hydrogen-bond acceptors (Lipinski definition) is 6. The minimum Gasteiger partial charge on any atom is -0.395 e. The molecule has 1 heterocycles. The summed E-state index contributed by atoms with van der Waals surface area (Å²) < 4.78 is 0. The van der Waals surface area contributed by atoms with Gasteiger partial charge in [-0.25, -0.2) is 10.4 Å². The number of benzene rings is 1. The topological polar surface area (TPSA) is 77.8 Å². The molecule has 1 amide bonds. The fraction of sp³-hybridized carbons (Fsp3) is 0.389. The summed E-state index contributed by atoms with van der Waals surface area (Å²) in [4.78, 5) is 18.2.